The van der Waals surface area contributed by atoms with Crippen molar-refractivity contribution in [2.45, 2.75) is 26.2 Å². The van der Waals surface area contributed by atoms with Crippen molar-refractivity contribution in [3.63, 3.8) is 0 Å². The molecule has 0 N–H and O–H groups in total. The molecule has 3 aromatic rings. The number of halogens is 2. The second-order valence-electron chi connectivity index (χ2n) is 6.78. The highest BCUT2D eigenvalue weighted by Gasteiger charge is 2.14. The average molecular weight is 549 g/mol. The minimum Gasteiger partial charge on any atom is -0.493 e. The van der Waals surface area contributed by atoms with Gasteiger partial charge in [0.25, 0.3) is 5.56 Å². The van der Waals surface area contributed by atoms with E-state index in [-0.39, 0.29) is 5.56 Å². The monoisotopic (exact) mass is 547 g/mol. The lowest BCUT2D eigenvalue weighted by atomic mass is 10.2. The maximum Gasteiger partial charge on any atom is 0.282 e. The second kappa shape index (κ2) is 10.7. The molecule has 1 heterocycles. The van der Waals surface area contributed by atoms with E-state index in [0.29, 0.717) is 46.8 Å². The van der Waals surface area contributed by atoms with Crippen molar-refractivity contribution in [2.75, 3.05) is 13.7 Å². The molecule has 1 aromatic heterocycles. The summed E-state index contributed by atoms with van der Waals surface area (Å²) in [6, 6.07) is 9.14. The van der Waals surface area contributed by atoms with Crippen LogP contribution in [0.2, 0.25) is 0 Å². The normalized spacial score (nSPS) is 11.2. The molecule has 0 bridgehead atoms. The molecule has 0 saturated heterocycles. The largest absolute Gasteiger partial charge is 0.493 e. The Balaban J connectivity index is 2.16. The van der Waals surface area contributed by atoms with E-state index in [1.54, 1.807) is 25.5 Å². The summed E-state index contributed by atoms with van der Waals surface area (Å²) in [6.45, 7) is 6.10. The fraction of sp³-hybridized carbons (Fsp3) is 0.261. The molecule has 0 atom stereocenters. The van der Waals surface area contributed by atoms with Crippen LogP contribution < -0.4 is 15.0 Å². The zero-order valence-corrected chi connectivity index (χ0v) is 20.6. The Hall–Kier alpha value is -2.45. The van der Waals surface area contributed by atoms with Crippen LogP contribution in [-0.4, -0.2) is 29.6 Å². The van der Waals surface area contributed by atoms with Gasteiger partial charge in [-0.3, -0.25) is 4.79 Å². The van der Waals surface area contributed by atoms with Crippen molar-refractivity contribution in [3.8, 4) is 11.5 Å². The van der Waals surface area contributed by atoms with Gasteiger partial charge in [-0.05, 0) is 36.8 Å². The van der Waals surface area contributed by atoms with Crippen molar-refractivity contribution in [1.82, 2.24) is 9.66 Å². The summed E-state index contributed by atoms with van der Waals surface area (Å²) in [5.41, 5.74) is 1.10. The highest BCUT2D eigenvalue weighted by atomic mass is 79.9. The standard InChI is InChI=1S/C23H23Br2N3O3/c1-4-6-7-21-27-19-9-8-16(24)12-18(19)23(29)28(21)26-14-15-11-17(25)13-20(30-3)22(15)31-10-5-2/h5,8-9,11-14H,2,4,6-7,10H2,1,3H3. The van der Waals surface area contributed by atoms with Gasteiger partial charge in [0.2, 0.25) is 0 Å². The number of fused-ring (bicyclic) bond motifs is 1. The zero-order valence-electron chi connectivity index (χ0n) is 17.4. The second-order valence-corrected chi connectivity index (χ2v) is 8.61. The van der Waals surface area contributed by atoms with Crippen molar-refractivity contribution < 1.29 is 9.47 Å². The molecule has 6 nitrogen and oxygen atoms in total. The van der Waals surface area contributed by atoms with E-state index in [4.69, 9.17) is 14.5 Å². The SMILES string of the molecule is C=CCOc1c(C=Nn2c(CCCC)nc3ccc(Br)cc3c2=O)cc(Br)cc1OC. The zero-order chi connectivity index (χ0) is 22.4. The number of nitrogens with zero attached hydrogens (tertiary/aromatic N) is 3. The molecule has 0 saturated carbocycles. The van der Waals surface area contributed by atoms with E-state index in [1.807, 2.05) is 24.3 Å². The van der Waals surface area contributed by atoms with E-state index < -0.39 is 0 Å². The lowest BCUT2D eigenvalue weighted by molar-refractivity contribution is 0.326. The van der Waals surface area contributed by atoms with E-state index in [0.717, 1.165) is 21.8 Å². The van der Waals surface area contributed by atoms with E-state index >= 15 is 0 Å². The van der Waals surface area contributed by atoms with Crippen molar-refractivity contribution in [1.29, 1.82) is 0 Å². The van der Waals surface area contributed by atoms with Crippen LogP contribution in [0.5, 0.6) is 11.5 Å². The molecule has 8 heteroatoms. The molecule has 0 amide bonds. The van der Waals surface area contributed by atoms with Crippen molar-refractivity contribution in [3.05, 3.63) is 73.7 Å². The molecule has 0 aliphatic heterocycles. The lowest BCUT2D eigenvalue weighted by Crippen LogP contribution is -2.22. The molecule has 2 aromatic carbocycles. The molecule has 31 heavy (non-hydrogen) atoms. The quantitative estimate of drug-likeness (QED) is 0.253. The van der Waals surface area contributed by atoms with Gasteiger partial charge in [0.1, 0.15) is 12.4 Å². The van der Waals surface area contributed by atoms with E-state index in [1.165, 1.54) is 4.68 Å². The fourth-order valence-corrected chi connectivity index (χ4v) is 3.88. The van der Waals surface area contributed by atoms with Crippen LogP contribution in [0.25, 0.3) is 10.9 Å². The Kier molecular flexibility index (Phi) is 8.03. The number of rotatable bonds is 9. The Labute approximate surface area is 197 Å². The minimum atomic E-state index is -0.218. The molecular weight excluding hydrogens is 526 g/mol. The van der Waals surface area contributed by atoms with Gasteiger partial charge in [-0.15, -0.1) is 0 Å². The highest BCUT2D eigenvalue weighted by molar-refractivity contribution is 9.10. The topological polar surface area (TPSA) is 65.7 Å². The van der Waals surface area contributed by atoms with E-state index in [2.05, 4.69) is 50.5 Å². The Morgan fingerprint density at radius 3 is 2.74 bits per heavy atom. The number of ether oxygens (including phenoxy) is 2. The summed E-state index contributed by atoms with van der Waals surface area (Å²) in [5.74, 6) is 1.69. The van der Waals surface area contributed by atoms with Crippen LogP contribution in [0.3, 0.4) is 0 Å². The molecule has 0 aliphatic carbocycles. The van der Waals surface area contributed by atoms with Gasteiger partial charge in [-0.2, -0.15) is 9.78 Å². The molecule has 0 radical (unpaired) electrons. The maximum atomic E-state index is 13.2. The number of benzene rings is 2. The maximum absolute atomic E-state index is 13.2. The Bertz CT molecular complexity index is 1190. The molecule has 0 aliphatic rings. The Morgan fingerprint density at radius 2 is 2.03 bits per heavy atom. The fourth-order valence-electron chi connectivity index (χ4n) is 3.06. The molecule has 0 spiro atoms. The number of aromatic nitrogens is 2. The Morgan fingerprint density at radius 1 is 1.23 bits per heavy atom. The van der Waals surface area contributed by atoms with Crippen LogP contribution in [0, 0.1) is 0 Å². The van der Waals surface area contributed by atoms with Gasteiger partial charge < -0.3 is 9.47 Å². The van der Waals surface area contributed by atoms with Gasteiger partial charge in [-0.1, -0.05) is 57.9 Å². The lowest BCUT2D eigenvalue weighted by Gasteiger charge is -2.13. The smallest absolute Gasteiger partial charge is 0.282 e. The first-order chi connectivity index (χ1) is 15.0. The predicted octanol–water partition coefficient (Wildman–Crippen LogP) is 5.72. The number of hydrogen-bond donors (Lipinski definition) is 0. The summed E-state index contributed by atoms with van der Waals surface area (Å²) in [6.07, 6.45) is 5.79. The minimum absolute atomic E-state index is 0.218. The molecule has 0 unspecified atom stereocenters. The van der Waals surface area contributed by atoms with Gasteiger partial charge in [0.15, 0.2) is 11.5 Å². The number of aryl methyl sites for hydroxylation is 1. The third kappa shape index (κ3) is 5.43. The van der Waals surface area contributed by atoms with Gasteiger partial charge >= 0.3 is 0 Å². The first-order valence-electron chi connectivity index (χ1n) is 9.85. The van der Waals surface area contributed by atoms with Crippen LogP contribution in [-0.2, 0) is 6.42 Å². The first kappa shape index (κ1) is 23.2. The third-order valence-electron chi connectivity index (χ3n) is 4.56. The van der Waals surface area contributed by atoms with Crippen molar-refractivity contribution in [2.24, 2.45) is 5.10 Å². The number of hydrogen-bond acceptors (Lipinski definition) is 5. The summed E-state index contributed by atoms with van der Waals surface area (Å²) >= 11 is 6.91. The average Bonchev–Trinajstić information content (AvgIpc) is 2.76. The summed E-state index contributed by atoms with van der Waals surface area (Å²) in [7, 11) is 1.57. The van der Waals surface area contributed by atoms with Crippen LogP contribution in [0.4, 0.5) is 0 Å². The number of unbranched alkanes of at least 4 members (excludes halogenated alkanes) is 1. The third-order valence-corrected chi connectivity index (χ3v) is 5.51. The molecule has 3 rings (SSSR count). The first-order valence-corrected chi connectivity index (χ1v) is 11.4. The van der Waals surface area contributed by atoms with Crippen LogP contribution in [0.1, 0.15) is 31.2 Å². The van der Waals surface area contributed by atoms with Crippen molar-refractivity contribution >= 4 is 49.0 Å². The van der Waals surface area contributed by atoms with Gasteiger partial charge in [0, 0.05) is 20.9 Å². The molecule has 162 valence electrons. The highest BCUT2D eigenvalue weighted by Crippen LogP contribution is 2.34. The predicted molar refractivity (Wildman–Crippen MR) is 132 cm³/mol. The molecule has 0 fully saturated rings. The summed E-state index contributed by atoms with van der Waals surface area (Å²) < 4.78 is 14.2. The van der Waals surface area contributed by atoms with Gasteiger partial charge in [-0.25, -0.2) is 4.98 Å². The summed E-state index contributed by atoms with van der Waals surface area (Å²) in [4.78, 5) is 17.9. The summed E-state index contributed by atoms with van der Waals surface area (Å²) in [5, 5.41) is 5.01. The van der Waals surface area contributed by atoms with Crippen LogP contribution >= 0.6 is 31.9 Å². The van der Waals surface area contributed by atoms with E-state index in [9.17, 15) is 4.79 Å². The number of methoxy groups -OCH3 is 1. The van der Waals surface area contributed by atoms with Crippen LogP contribution in [0.15, 0.2) is 61.8 Å². The van der Waals surface area contributed by atoms with Gasteiger partial charge in [0.05, 0.1) is 24.2 Å². The molecular formula is C23H23Br2N3O3.